The van der Waals surface area contributed by atoms with Gasteiger partial charge >= 0.3 is 5.97 Å². The molecule has 1 atom stereocenters. The number of fused-ring (bicyclic) bond motifs is 1. The number of anilines is 3. The largest absolute Gasteiger partial charge is 0.480 e. The predicted octanol–water partition coefficient (Wildman–Crippen LogP) is 5.84. The van der Waals surface area contributed by atoms with Crippen molar-refractivity contribution in [3.63, 3.8) is 0 Å². The highest BCUT2D eigenvalue weighted by molar-refractivity contribution is 6.36. The minimum absolute atomic E-state index is 0.117. The number of hydrazine groups is 2. The van der Waals surface area contributed by atoms with Crippen molar-refractivity contribution in [2.24, 2.45) is 0 Å². The molecule has 0 spiro atoms. The van der Waals surface area contributed by atoms with Gasteiger partial charge in [-0.1, -0.05) is 35.3 Å². The maximum Gasteiger partial charge on any atom is 0.324 e. The van der Waals surface area contributed by atoms with E-state index in [2.05, 4.69) is 32.6 Å². The van der Waals surface area contributed by atoms with E-state index in [4.69, 9.17) is 28.3 Å². The minimum Gasteiger partial charge on any atom is -0.480 e. The molecular weight excluding hydrogens is 563 g/mol. The van der Waals surface area contributed by atoms with Crippen molar-refractivity contribution >= 4 is 57.1 Å². The summed E-state index contributed by atoms with van der Waals surface area (Å²) in [7, 11) is 0. The fraction of sp³-hybridized carbons (Fsp3) is 0.0741. The van der Waals surface area contributed by atoms with E-state index in [0.717, 1.165) is 0 Å². The number of nitrogens with zero attached hydrogens (tertiary/aromatic N) is 3. The molecule has 1 aromatic heterocycles. The van der Waals surface area contributed by atoms with Gasteiger partial charge in [-0.3, -0.25) is 14.8 Å². The lowest BCUT2D eigenvalue weighted by Crippen LogP contribution is -2.40. The van der Waals surface area contributed by atoms with Gasteiger partial charge in [-0.2, -0.15) is 5.26 Å². The Morgan fingerprint density at radius 1 is 1.15 bits per heavy atom. The topological polar surface area (TPSA) is 125 Å². The highest BCUT2D eigenvalue weighted by atomic mass is 35.5. The van der Waals surface area contributed by atoms with Crippen molar-refractivity contribution in [1.82, 2.24) is 21.0 Å². The van der Waals surface area contributed by atoms with Gasteiger partial charge in [0.15, 0.2) is 0 Å². The van der Waals surface area contributed by atoms with Crippen LogP contribution in [0.4, 0.5) is 25.8 Å². The summed E-state index contributed by atoms with van der Waals surface area (Å²) in [5.74, 6) is -2.21. The number of benzene rings is 3. The number of halogens is 4. The second kappa shape index (κ2) is 11.2. The minimum atomic E-state index is -1.80. The molecule has 0 saturated heterocycles. The molecule has 5 rings (SSSR count). The third-order valence-corrected chi connectivity index (χ3v) is 6.41. The van der Waals surface area contributed by atoms with Crippen LogP contribution >= 0.6 is 23.2 Å². The first-order valence-electron chi connectivity index (χ1n) is 12.1. The van der Waals surface area contributed by atoms with Gasteiger partial charge in [0.05, 0.1) is 39.9 Å². The van der Waals surface area contributed by atoms with Crippen LogP contribution in [-0.2, 0) is 4.79 Å². The van der Waals surface area contributed by atoms with E-state index >= 15 is 0 Å². The highest BCUT2D eigenvalue weighted by Gasteiger charge is 2.24. The molecule has 1 aliphatic rings. The van der Waals surface area contributed by atoms with Crippen LogP contribution in [0.2, 0.25) is 10.0 Å². The standard InChI is InChI=1S/C27H19Cl2F2N7O2/c28-20-8-17(5-6-22(20)31)34-25-15(10-32)11-33-27-19(25)7-18(9-21(27)29)35-26(14-1-3-16(30)4-2-14)23-12-38(37-36-23)13-24(39)40/h1-9,11-12,26,35-37H,13H2,(H,33,34)(H,39,40)/t26-/m1/s1/i26D. The third kappa shape index (κ3) is 5.69. The molecule has 0 bridgehead atoms. The van der Waals surface area contributed by atoms with Gasteiger partial charge < -0.3 is 21.2 Å². The lowest BCUT2D eigenvalue weighted by molar-refractivity contribution is -0.138. The lowest BCUT2D eigenvalue weighted by atomic mass is 10.0. The second-order valence-corrected chi connectivity index (χ2v) is 9.39. The molecule has 40 heavy (non-hydrogen) atoms. The molecule has 5 N–H and O–H groups in total. The van der Waals surface area contributed by atoms with Gasteiger partial charge in [0, 0.05) is 29.2 Å². The number of hydrogen-bond donors (Lipinski definition) is 5. The first kappa shape index (κ1) is 25.6. The normalized spacial score (nSPS) is 14.5. The van der Waals surface area contributed by atoms with Gasteiger partial charge in [0.25, 0.3) is 0 Å². The number of aliphatic carboxylic acids is 1. The molecule has 0 amide bonds. The smallest absolute Gasteiger partial charge is 0.324 e. The Kier molecular flexibility index (Phi) is 7.20. The monoisotopic (exact) mass is 582 g/mol. The van der Waals surface area contributed by atoms with Crippen molar-refractivity contribution in [3.8, 4) is 6.07 Å². The van der Waals surface area contributed by atoms with Gasteiger partial charge in [-0.15, -0.1) is 5.53 Å². The number of carboxylic acids is 1. The molecule has 1 aliphatic heterocycles. The quantitative estimate of drug-likeness (QED) is 0.174. The summed E-state index contributed by atoms with van der Waals surface area (Å²) >= 11 is 12.5. The van der Waals surface area contributed by atoms with E-state index < -0.39 is 30.2 Å². The molecular formula is C27H19Cl2F2N7O2. The Morgan fingerprint density at radius 2 is 1.90 bits per heavy atom. The van der Waals surface area contributed by atoms with Crippen LogP contribution in [0.5, 0.6) is 0 Å². The molecule has 0 saturated carbocycles. The van der Waals surface area contributed by atoms with E-state index in [1.54, 1.807) is 6.07 Å². The molecule has 0 radical (unpaired) electrons. The molecule has 9 nitrogen and oxygen atoms in total. The van der Waals surface area contributed by atoms with Crippen molar-refractivity contribution in [2.75, 3.05) is 17.2 Å². The molecule has 2 heterocycles. The first-order chi connectivity index (χ1) is 19.6. The Labute approximate surface area is 238 Å². The van der Waals surface area contributed by atoms with E-state index in [0.29, 0.717) is 33.5 Å². The molecule has 202 valence electrons. The maximum absolute atomic E-state index is 13.8. The average Bonchev–Trinajstić information content (AvgIpc) is 3.40. The lowest BCUT2D eigenvalue weighted by Gasteiger charge is -2.22. The van der Waals surface area contributed by atoms with Crippen LogP contribution < -0.4 is 21.6 Å². The molecule has 0 aliphatic carbocycles. The number of carboxylic acid groups (broad SMARTS) is 1. The van der Waals surface area contributed by atoms with Crippen LogP contribution in [0.25, 0.3) is 10.9 Å². The number of rotatable bonds is 8. The summed E-state index contributed by atoms with van der Waals surface area (Å²) in [6.45, 7) is -0.400. The molecule has 3 aromatic carbocycles. The van der Waals surface area contributed by atoms with Gasteiger partial charge in [-0.25, -0.2) is 8.78 Å². The zero-order valence-electron chi connectivity index (χ0n) is 21.3. The fourth-order valence-electron chi connectivity index (χ4n) is 4.04. The van der Waals surface area contributed by atoms with E-state index in [-0.39, 0.29) is 21.3 Å². The molecule has 0 unspecified atom stereocenters. The van der Waals surface area contributed by atoms with Crippen LogP contribution in [-0.4, -0.2) is 27.6 Å². The summed E-state index contributed by atoms with van der Waals surface area (Å²) in [5, 5.41) is 26.8. The van der Waals surface area contributed by atoms with Crippen molar-refractivity contribution in [1.29, 1.82) is 5.26 Å². The van der Waals surface area contributed by atoms with E-state index in [1.807, 2.05) is 0 Å². The van der Waals surface area contributed by atoms with E-state index in [1.165, 1.54) is 65.9 Å². The Bertz CT molecular complexity index is 1750. The number of carbonyl (C=O) groups is 1. The highest BCUT2D eigenvalue weighted by Crippen LogP contribution is 2.37. The molecule has 4 aromatic rings. The van der Waals surface area contributed by atoms with Crippen molar-refractivity contribution in [2.45, 2.75) is 6.02 Å². The number of hydrogen-bond acceptors (Lipinski definition) is 8. The zero-order chi connectivity index (χ0) is 29.3. The summed E-state index contributed by atoms with van der Waals surface area (Å²) in [4.78, 5) is 15.5. The number of nitrogens with one attached hydrogen (secondary N) is 4. The summed E-state index contributed by atoms with van der Waals surface area (Å²) in [6, 6.07) is 12.7. The van der Waals surface area contributed by atoms with Crippen LogP contribution in [0.1, 0.15) is 18.5 Å². The van der Waals surface area contributed by atoms with Crippen LogP contribution in [0.3, 0.4) is 0 Å². The van der Waals surface area contributed by atoms with Gasteiger partial charge in [0.1, 0.15) is 24.2 Å². The summed E-state index contributed by atoms with van der Waals surface area (Å²) in [6.07, 6.45) is 2.75. The summed E-state index contributed by atoms with van der Waals surface area (Å²) < 4.78 is 36.9. The van der Waals surface area contributed by atoms with Gasteiger partial charge in [0.2, 0.25) is 0 Å². The van der Waals surface area contributed by atoms with Gasteiger partial charge in [-0.05, 0) is 48.0 Å². The Balaban J connectivity index is 1.62. The zero-order valence-corrected chi connectivity index (χ0v) is 21.8. The maximum atomic E-state index is 13.8. The number of aromatic nitrogens is 1. The molecule has 0 fully saturated rings. The average molecular weight is 583 g/mol. The SMILES string of the molecule is [2H][C@](Nc1cc(Cl)c2ncc(C#N)c(Nc3ccc(F)c(Cl)c3)c2c1)(C1=CN(CC(=O)O)NN1)c1ccc(F)cc1. The van der Waals surface area contributed by atoms with Crippen LogP contribution in [0.15, 0.2) is 72.7 Å². The second-order valence-electron chi connectivity index (χ2n) is 8.57. The third-order valence-electron chi connectivity index (χ3n) is 5.83. The van der Waals surface area contributed by atoms with Crippen LogP contribution in [0, 0.1) is 23.0 Å². The number of pyridine rings is 1. The predicted molar refractivity (Wildman–Crippen MR) is 148 cm³/mol. The number of nitriles is 1. The Morgan fingerprint density at radius 3 is 2.60 bits per heavy atom. The first-order valence-corrected chi connectivity index (χ1v) is 12.3. The fourth-order valence-corrected chi connectivity index (χ4v) is 4.48. The molecule has 13 heteroatoms. The summed E-state index contributed by atoms with van der Waals surface area (Å²) in [5.41, 5.74) is 7.52. The van der Waals surface area contributed by atoms with Crippen molar-refractivity contribution < 1.29 is 20.1 Å². The van der Waals surface area contributed by atoms with E-state index in [9.17, 15) is 20.2 Å². The van der Waals surface area contributed by atoms with Crippen molar-refractivity contribution in [3.05, 3.63) is 105 Å². The Hall–Kier alpha value is -4.63.